The minimum absolute atomic E-state index is 0.0699. The van der Waals surface area contributed by atoms with Crippen molar-refractivity contribution in [1.29, 1.82) is 0 Å². The number of hydrogen-bond donors (Lipinski definition) is 0. The maximum atomic E-state index is 11.6. The molecule has 1 fully saturated rings. The molecule has 0 saturated heterocycles. The topological polar surface area (TPSA) is 26.3 Å². The SMILES string of the molecule is CCOC(=O)CCC(Cc1ccccc1)=C1CCCCC1. The fraction of sp³-hybridized carbons (Fsp3) is 0.526. The summed E-state index contributed by atoms with van der Waals surface area (Å²) in [5.41, 5.74) is 4.40. The molecule has 1 aliphatic rings. The second-order valence-electron chi connectivity index (χ2n) is 5.74. The van der Waals surface area contributed by atoms with Crippen molar-refractivity contribution in [3.8, 4) is 0 Å². The molecule has 1 aromatic carbocycles. The zero-order chi connectivity index (χ0) is 14.9. The molecule has 1 saturated carbocycles. The van der Waals surface area contributed by atoms with Gasteiger partial charge in [-0.2, -0.15) is 0 Å². The van der Waals surface area contributed by atoms with E-state index in [1.54, 1.807) is 5.57 Å². The summed E-state index contributed by atoms with van der Waals surface area (Å²) in [6.07, 6.45) is 8.72. The number of rotatable bonds is 6. The fourth-order valence-corrected chi connectivity index (χ4v) is 3.05. The van der Waals surface area contributed by atoms with Crippen molar-refractivity contribution in [2.24, 2.45) is 0 Å². The van der Waals surface area contributed by atoms with E-state index in [-0.39, 0.29) is 5.97 Å². The average molecular weight is 286 g/mol. The monoisotopic (exact) mass is 286 g/mol. The van der Waals surface area contributed by atoms with E-state index < -0.39 is 0 Å². The first-order valence-electron chi connectivity index (χ1n) is 8.19. The van der Waals surface area contributed by atoms with Gasteiger partial charge in [0, 0.05) is 6.42 Å². The molecule has 0 aromatic heterocycles. The number of allylic oxidation sites excluding steroid dienone is 2. The summed E-state index contributed by atoms with van der Waals surface area (Å²) in [4.78, 5) is 11.6. The second-order valence-corrected chi connectivity index (χ2v) is 5.74. The molecule has 0 N–H and O–H groups in total. The lowest BCUT2D eigenvalue weighted by Gasteiger charge is -2.20. The molecule has 0 unspecified atom stereocenters. The summed E-state index contributed by atoms with van der Waals surface area (Å²) in [7, 11) is 0. The summed E-state index contributed by atoms with van der Waals surface area (Å²) in [5, 5.41) is 0. The van der Waals surface area contributed by atoms with E-state index in [0.29, 0.717) is 13.0 Å². The van der Waals surface area contributed by atoms with E-state index in [0.717, 1.165) is 12.8 Å². The smallest absolute Gasteiger partial charge is 0.306 e. The Morgan fingerprint density at radius 3 is 2.43 bits per heavy atom. The van der Waals surface area contributed by atoms with Gasteiger partial charge in [-0.1, -0.05) is 47.9 Å². The second kappa shape index (κ2) is 8.66. The van der Waals surface area contributed by atoms with Crippen molar-refractivity contribution < 1.29 is 9.53 Å². The summed E-state index contributed by atoms with van der Waals surface area (Å²) < 4.78 is 5.07. The lowest BCUT2D eigenvalue weighted by atomic mass is 9.87. The normalized spacial score (nSPS) is 14.8. The molecule has 0 atom stereocenters. The van der Waals surface area contributed by atoms with Crippen molar-refractivity contribution >= 4 is 5.97 Å². The minimum atomic E-state index is -0.0699. The van der Waals surface area contributed by atoms with Crippen molar-refractivity contribution in [2.75, 3.05) is 6.61 Å². The quantitative estimate of drug-likeness (QED) is 0.553. The Morgan fingerprint density at radius 2 is 1.76 bits per heavy atom. The molecule has 0 bridgehead atoms. The summed E-state index contributed by atoms with van der Waals surface area (Å²) in [6.45, 7) is 2.34. The van der Waals surface area contributed by atoms with Crippen LogP contribution in [0.2, 0.25) is 0 Å². The lowest BCUT2D eigenvalue weighted by molar-refractivity contribution is -0.143. The predicted octanol–water partition coefficient (Wildman–Crippen LogP) is 4.83. The molecule has 114 valence electrons. The molecule has 0 aliphatic heterocycles. The van der Waals surface area contributed by atoms with E-state index in [1.807, 2.05) is 6.92 Å². The maximum absolute atomic E-state index is 11.6. The summed E-state index contributed by atoms with van der Waals surface area (Å²) >= 11 is 0. The van der Waals surface area contributed by atoms with Gasteiger partial charge in [-0.25, -0.2) is 0 Å². The number of carbonyl (C=O) groups is 1. The van der Waals surface area contributed by atoms with Gasteiger partial charge < -0.3 is 4.74 Å². The van der Waals surface area contributed by atoms with Crippen LogP contribution in [-0.2, 0) is 16.0 Å². The molecule has 0 radical (unpaired) electrons. The van der Waals surface area contributed by atoms with E-state index in [9.17, 15) is 4.79 Å². The van der Waals surface area contributed by atoms with Crippen LogP contribution in [0.25, 0.3) is 0 Å². The van der Waals surface area contributed by atoms with Gasteiger partial charge in [0.1, 0.15) is 0 Å². The van der Waals surface area contributed by atoms with Gasteiger partial charge in [-0.05, 0) is 51.0 Å². The predicted molar refractivity (Wildman–Crippen MR) is 86.1 cm³/mol. The van der Waals surface area contributed by atoms with Crippen molar-refractivity contribution in [3.63, 3.8) is 0 Å². The Morgan fingerprint density at radius 1 is 1.05 bits per heavy atom. The Labute approximate surface area is 128 Å². The average Bonchev–Trinajstić information content (AvgIpc) is 2.53. The third-order valence-corrected chi connectivity index (χ3v) is 4.15. The highest BCUT2D eigenvalue weighted by Gasteiger charge is 2.13. The first kappa shape index (κ1) is 15.8. The number of ether oxygens (including phenoxy) is 1. The molecule has 0 heterocycles. The lowest BCUT2D eigenvalue weighted by Crippen LogP contribution is -2.07. The Bertz CT molecular complexity index is 466. The molecule has 2 nitrogen and oxygen atoms in total. The molecule has 1 aromatic rings. The van der Waals surface area contributed by atoms with Gasteiger partial charge in [-0.15, -0.1) is 0 Å². The zero-order valence-electron chi connectivity index (χ0n) is 13.1. The molecular weight excluding hydrogens is 260 g/mol. The zero-order valence-corrected chi connectivity index (χ0v) is 13.1. The maximum Gasteiger partial charge on any atom is 0.306 e. The Balaban J connectivity index is 2.05. The van der Waals surface area contributed by atoms with E-state index in [4.69, 9.17) is 4.74 Å². The van der Waals surface area contributed by atoms with Crippen LogP contribution in [0.4, 0.5) is 0 Å². The fourth-order valence-electron chi connectivity index (χ4n) is 3.05. The van der Waals surface area contributed by atoms with Gasteiger partial charge in [0.05, 0.1) is 6.61 Å². The number of esters is 1. The van der Waals surface area contributed by atoms with E-state index >= 15 is 0 Å². The number of carbonyl (C=O) groups excluding carboxylic acids is 1. The number of hydrogen-bond acceptors (Lipinski definition) is 2. The summed E-state index contributed by atoms with van der Waals surface area (Å²) in [6, 6.07) is 10.6. The van der Waals surface area contributed by atoms with Gasteiger partial charge >= 0.3 is 5.97 Å². The van der Waals surface area contributed by atoms with Crippen LogP contribution in [-0.4, -0.2) is 12.6 Å². The first-order valence-corrected chi connectivity index (χ1v) is 8.19. The third kappa shape index (κ3) is 5.37. The van der Waals surface area contributed by atoms with E-state index in [1.165, 1.54) is 43.2 Å². The Hall–Kier alpha value is -1.57. The molecule has 1 aliphatic carbocycles. The van der Waals surface area contributed by atoms with Gasteiger partial charge in [0.2, 0.25) is 0 Å². The van der Waals surface area contributed by atoms with E-state index in [2.05, 4.69) is 30.3 Å². The summed E-state index contributed by atoms with van der Waals surface area (Å²) in [5.74, 6) is -0.0699. The van der Waals surface area contributed by atoms with Crippen molar-refractivity contribution in [3.05, 3.63) is 47.0 Å². The molecule has 0 amide bonds. The van der Waals surface area contributed by atoms with Crippen LogP contribution in [0, 0.1) is 0 Å². The van der Waals surface area contributed by atoms with Crippen LogP contribution in [0.1, 0.15) is 57.4 Å². The molecular formula is C19H26O2. The third-order valence-electron chi connectivity index (χ3n) is 4.15. The van der Waals surface area contributed by atoms with Crippen LogP contribution < -0.4 is 0 Å². The van der Waals surface area contributed by atoms with Crippen molar-refractivity contribution in [1.82, 2.24) is 0 Å². The van der Waals surface area contributed by atoms with Crippen molar-refractivity contribution in [2.45, 2.75) is 58.3 Å². The number of benzene rings is 1. The first-order chi connectivity index (χ1) is 10.3. The molecule has 21 heavy (non-hydrogen) atoms. The minimum Gasteiger partial charge on any atom is -0.466 e. The molecule has 2 heteroatoms. The highest BCUT2D eigenvalue weighted by Crippen LogP contribution is 2.29. The van der Waals surface area contributed by atoms with Gasteiger partial charge in [0.25, 0.3) is 0 Å². The molecule has 0 spiro atoms. The van der Waals surface area contributed by atoms with Gasteiger partial charge in [-0.3, -0.25) is 4.79 Å². The molecule has 2 rings (SSSR count). The highest BCUT2D eigenvalue weighted by molar-refractivity contribution is 5.69. The van der Waals surface area contributed by atoms with Crippen LogP contribution in [0.3, 0.4) is 0 Å². The van der Waals surface area contributed by atoms with Crippen LogP contribution in [0.15, 0.2) is 41.5 Å². The van der Waals surface area contributed by atoms with Crippen LogP contribution in [0.5, 0.6) is 0 Å². The van der Waals surface area contributed by atoms with Crippen LogP contribution >= 0.6 is 0 Å². The standard InChI is InChI=1S/C19H26O2/c1-2-21-19(20)14-13-18(17-11-7-4-8-12-17)15-16-9-5-3-6-10-16/h3,5-6,9-10H,2,4,7-8,11-15H2,1H3. The largest absolute Gasteiger partial charge is 0.466 e. The van der Waals surface area contributed by atoms with Gasteiger partial charge in [0.15, 0.2) is 0 Å². The highest BCUT2D eigenvalue weighted by atomic mass is 16.5. The Kier molecular flexibility index (Phi) is 6.52.